The minimum atomic E-state index is -0.156. The molecular weight excluding hydrogens is 183 g/mol. The summed E-state index contributed by atoms with van der Waals surface area (Å²) in [4.78, 5) is 11.2. The number of halogens is 1. The van der Waals surface area contributed by atoms with Crippen LogP contribution >= 0.6 is 0 Å². The number of carbonyl (C=O) groups is 1. The van der Waals surface area contributed by atoms with Crippen molar-refractivity contribution in [2.45, 2.75) is 12.8 Å². The lowest BCUT2D eigenvalue weighted by Gasteiger charge is -2.23. The molecule has 1 heterocycles. The molecule has 1 amide bonds. The quantitative estimate of drug-likeness (QED) is 0.671. The van der Waals surface area contributed by atoms with Crippen LogP contribution in [0.15, 0.2) is 30.3 Å². The fourth-order valence-corrected chi connectivity index (χ4v) is 1.51. The SMILES string of the molecule is O=C1CCCN1N(F)c1ccccc1. The van der Waals surface area contributed by atoms with Crippen molar-refractivity contribution in [3.8, 4) is 0 Å². The molecule has 0 unspecified atom stereocenters. The van der Waals surface area contributed by atoms with Gasteiger partial charge in [-0.3, -0.25) is 4.79 Å². The van der Waals surface area contributed by atoms with E-state index in [0.29, 0.717) is 23.9 Å². The molecule has 1 aromatic carbocycles. The Labute approximate surface area is 81.6 Å². The Hall–Kier alpha value is -1.58. The Kier molecular flexibility index (Phi) is 2.35. The van der Waals surface area contributed by atoms with Gasteiger partial charge in [-0.1, -0.05) is 22.7 Å². The molecule has 0 aromatic heterocycles. The third-order valence-electron chi connectivity index (χ3n) is 2.23. The van der Waals surface area contributed by atoms with Crippen molar-refractivity contribution in [3.63, 3.8) is 0 Å². The van der Waals surface area contributed by atoms with Gasteiger partial charge in [0.1, 0.15) is 0 Å². The number of amides is 1. The molecule has 14 heavy (non-hydrogen) atoms. The molecule has 0 saturated carbocycles. The predicted octanol–water partition coefficient (Wildman–Crippen LogP) is 1.91. The van der Waals surface area contributed by atoms with Crippen LogP contribution in [0.5, 0.6) is 0 Å². The van der Waals surface area contributed by atoms with Gasteiger partial charge in [0.15, 0.2) is 0 Å². The third kappa shape index (κ3) is 1.55. The Morgan fingerprint density at radius 1 is 1.29 bits per heavy atom. The average Bonchev–Trinajstić information content (AvgIpc) is 2.65. The molecule has 0 spiro atoms. The van der Waals surface area contributed by atoms with E-state index in [0.717, 1.165) is 11.4 Å². The molecule has 3 nitrogen and oxygen atoms in total. The van der Waals surface area contributed by atoms with Crippen molar-refractivity contribution >= 4 is 11.6 Å². The molecule has 0 radical (unpaired) electrons. The van der Waals surface area contributed by atoms with Crippen LogP contribution in [-0.4, -0.2) is 17.5 Å². The number of hydrogen-bond acceptors (Lipinski definition) is 2. The Bertz CT molecular complexity index is 328. The minimum absolute atomic E-state index is 0.156. The molecule has 1 saturated heterocycles. The summed E-state index contributed by atoms with van der Waals surface area (Å²) in [7, 11) is 0. The summed E-state index contributed by atoms with van der Waals surface area (Å²) in [6.07, 6.45) is 1.17. The number of hydrazine groups is 1. The zero-order valence-electron chi connectivity index (χ0n) is 7.69. The van der Waals surface area contributed by atoms with Crippen molar-refractivity contribution in [3.05, 3.63) is 30.3 Å². The number of para-hydroxylation sites is 1. The van der Waals surface area contributed by atoms with Gasteiger partial charge in [-0.05, 0) is 18.6 Å². The van der Waals surface area contributed by atoms with E-state index < -0.39 is 0 Å². The zero-order valence-corrected chi connectivity index (χ0v) is 7.69. The van der Waals surface area contributed by atoms with E-state index in [1.54, 1.807) is 24.3 Å². The van der Waals surface area contributed by atoms with E-state index >= 15 is 0 Å². The number of rotatable bonds is 2. The summed E-state index contributed by atoms with van der Waals surface area (Å²) in [5.41, 5.74) is 0.391. The van der Waals surface area contributed by atoms with Gasteiger partial charge in [0.25, 0.3) is 0 Å². The summed E-state index contributed by atoms with van der Waals surface area (Å²) in [5.74, 6) is -0.156. The van der Waals surface area contributed by atoms with Crippen molar-refractivity contribution in [1.82, 2.24) is 5.01 Å². The first kappa shape index (κ1) is 8.99. The zero-order chi connectivity index (χ0) is 9.97. The van der Waals surface area contributed by atoms with Crippen molar-refractivity contribution in [2.75, 3.05) is 11.8 Å². The lowest BCUT2D eigenvalue weighted by atomic mass is 10.3. The molecule has 0 bridgehead atoms. The lowest BCUT2D eigenvalue weighted by Crippen LogP contribution is -2.37. The monoisotopic (exact) mass is 194 g/mol. The van der Waals surface area contributed by atoms with Gasteiger partial charge >= 0.3 is 0 Å². The first-order valence-electron chi connectivity index (χ1n) is 4.60. The van der Waals surface area contributed by atoms with Crippen LogP contribution in [0.25, 0.3) is 0 Å². The molecule has 1 aromatic rings. The highest BCUT2D eigenvalue weighted by molar-refractivity contribution is 5.79. The highest BCUT2D eigenvalue weighted by Crippen LogP contribution is 2.20. The third-order valence-corrected chi connectivity index (χ3v) is 2.23. The van der Waals surface area contributed by atoms with Crippen molar-refractivity contribution in [2.24, 2.45) is 0 Å². The van der Waals surface area contributed by atoms with Crippen LogP contribution in [0, 0.1) is 0 Å². The molecule has 0 aliphatic carbocycles. The topological polar surface area (TPSA) is 23.6 Å². The van der Waals surface area contributed by atoms with Gasteiger partial charge < -0.3 is 0 Å². The number of hydrogen-bond donors (Lipinski definition) is 0. The van der Waals surface area contributed by atoms with Crippen LogP contribution in [0.4, 0.5) is 10.2 Å². The smallest absolute Gasteiger partial charge is 0.243 e. The molecule has 74 valence electrons. The summed E-state index contributed by atoms with van der Waals surface area (Å²) in [6.45, 7) is 0.463. The molecule has 0 N–H and O–H groups in total. The molecule has 4 heteroatoms. The van der Waals surface area contributed by atoms with Crippen LogP contribution in [-0.2, 0) is 4.79 Å². The maximum absolute atomic E-state index is 13.6. The van der Waals surface area contributed by atoms with Crippen molar-refractivity contribution < 1.29 is 9.28 Å². The largest absolute Gasteiger partial charge is 0.273 e. The summed E-state index contributed by atoms with van der Waals surface area (Å²) < 4.78 is 13.6. The Balaban J connectivity index is 2.16. The second kappa shape index (κ2) is 3.65. The average molecular weight is 194 g/mol. The van der Waals surface area contributed by atoms with Gasteiger partial charge in [0.2, 0.25) is 5.91 Å². The van der Waals surface area contributed by atoms with E-state index in [1.165, 1.54) is 0 Å². The van der Waals surface area contributed by atoms with Gasteiger partial charge in [0.05, 0.1) is 5.69 Å². The highest BCUT2D eigenvalue weighted by Gasteiger charge is 2.26. The van der Waals surface area contributed by atoms with E-state index in [2.05, 4.69) is 0 Å². The molecule has 1 fully saturated rings. The van der Waals surface area contributed by atoms with Crippen molar-refractivity contribution in [1.29, 1.82) is 0 Å². The van der Waals surface area contributed by atoms with E-state index in [-0.39, 0.29) is 5.91 Å². The molecule has 2 rings (SSSR count). The fraction of sp³-hybridized carbons (Fsp3) is 0.300. The number of nitrogens with zero attached hydrogens (tertiary/aromatic N) is 2. The van der Waals surface area contributed by atoms with Crippen LogP contribution in [0.1, 0.15) is 12.8 Å². The number of benzene rings is 1. The van der Waals surface area contributed by atoms with E-state index in [1.807, 2.05) is 6.07 Å². The second-order valence-electron chi connectivity index (χ2n) is 3.22. The first-order chi connectivity index (χ1) is 6.79. The summed E-state index contributed by atoms with van der Waals surface area (Å²) >= 11 is 0. The van der Waals surface area contributed by atoms with Gasteiger partial charge in [0, 0.05) is 13.0 Å². The van der Waals surface area contributed by atoms with E-state index in [4.69, 9.17) is 0 Å². The van der Waals surface area contributed by atoms with Crippen LogP contribution in [0.2, 0.25) is 0 Å². The van der Waals surface area contributed by atoms with Gasteiger partial charge in [-0.15, -0.1) is 5.23 Å². The van der Waals surface area contributed by atoms with Crippen LogP contribution in [0.3, 0.4) is 0 Å². The summed E-state index contributed by atoms with van der Waals surface area (Å²) in [6, 6.07) is 8.55. The normalized spacial score (nSPS) is 16.1. The number of anilines is 1. The fourth-order valence-electron chi connectivity index (χ4n) is 1.51. The van der Waals surface area contributed by atoms with Gasteiger partial charge in [-0.25, -0.2) is 5.01 Å². The summed E-state index contributed by atoms with van der Waals surface area (Å²) in [5, 5.41) is 1.56. The molecule has 1 aliphatic heterocycles. The predicted molar refractivity (Wildman–Crippen MR) is 51.0 cm³/mol. The lowest BCUT2D eigenvalue weighted by molar-refractivity contribution is -0.130. The van der Waals surface area contributed by atoms with Gasteiger partial charge in [-0.2, -0.15) is 0 Å². The van der Waals surface area contributed by atoms with Crippen LogP contribution < -0.4 is 5.23 Å². The maximum atomic E-state index is 13.6. The minimum Gasteiger partial charge on any atom is -0.273 e. The highest BCUT2D eigenvalue weighted by atomic mass is 19.2. The molecule has 1 aliphatic rings. The maximum Gasteiger partial charge on any atom is 0.243 e. The van der Waals surface area contributed by atoms with E-state index in [9.17, 15) is 9.28 Å². The second-order valence-corrected chi connectivity index (χ2v) is 3.22. The molecular formula is C10H11FN2O. The standard InChI is InChI=1S/C10H11FN2O/c11-13(9-5-2-1-3-6-9)12-8-4-7-10(12)14/h1-3,5-6H,4,7-8H2. The number of carbonyl (C=O) groups excluding carboxylic acids is 1. The first-order valence-corrected chi connectivity index (χ1v) is 4.60. The molecule has 0 atom stereocenters. The Morgan fingerprint density at radius 3 is 2.57 bits per heavy atom. The Morgan fingerprint density at radius 2 is 2.00 bits per heavy atom.